The minimum absolute atomic E-state index is 0.0116. The van der Waals surface area contributed by atoms with Crippen LogP contribution in [-0.2, 0) is 16.0 Å². The highest BCUT2D eigenvalue weighted by Crippen LogP contribution is 2.41. The van der Waals surface area contributed by atoms with Crippen molar-refractivity contribution in [2.45, 2.75) is 45.4 Å². The van der Waals surface area contributed by atoms with Gasteiger partial charge in [0.1, 0.15) is 0 Å². The number of nitrogens with zero attached hydrogens (tertiary/aromatic N) is 1. The highest BCUT2D eigenvalue weighted by Gasteiger charge is 2.49. The van der Waals surface area contributed by atoms with Gasteiger partial charge in [-0.1, -0.05) is 31.9 Å². The maximum Gasteiger partial charge on any atom is 0.228 e. The number of amides is 2. The smallest absolute Gasteiger partial charge is 0.228 e. The zero-order valence-corrected chi connectivity index (χ0v) is 13.9. The van der Waals surface area contributed by atoms with Gasteiger partial charge in [-0.3, -0.25) is 9.59 Å². The summed E-state index contributed by atoms with van der Waals surface area (Å²) in [4.78, 5) is 26.8. The summed E-state index contributed by atoms with van der Waals surface area (Å²) in [7, 11) is 0. The van der Waals surface area contributed by atoms with Gasteiger partial charge in [0, 0.05) is 18.8 Å². The molecule has 0 aromatic heterocycles. The van der Waals surface area contributed by atoms with Crippen LogP contribution in [0.15, 0.2) is 24.3 Å². The second-order valence-electron chi connectivity index (χ2n) is 6.73. The first-order chi connectivity index (χ1) is 11.2. The van der Waals surface area contributed by atoms with Crippen molar-refractivity contribution in [2.75, 3.05) is 18.4 Å². The lowest BCUT2D eigenvalue weighted by molar-refractivity contribution is -0.134. The van der Waals surface area contributed by atoms with E-state index >= 15 is 0 Å². The summed E-state index contributed by atoms with van der Waals surface area (Å²) in [5.74, 6) is -0.0598. The molecule has 1 saturated carbocycles. The first-order valence-electron chi connectivity index (χ1n) is 8.87. The van der Waals surface area contributed by atoms with Crippen molar-refractivity contribution in [1.82, 2.24) is 4.90 Å². The first-order valence-corrected chi connectivity index (χ1v) is 8.87. The predicted octanol–water partition coefficient (Wildman–Crippen LogP) is 3.23. The van der Waals surface area contributed by atoms with Crippen LogP contribution in [0.25, 0.3) is 0 Å². The van der Waals surface area contributed by atoms with Crippen LogP contribution in [0.4, 0.5) is 5.69 Å². The van der Waals surface area contributed by atoms with Crippen molar-refractivity contribution >= 4 is 17.5 Å². The van der Waals surface area contributed by atoms with E-state index < -0.39 is 0 Å². The minimum Gasteiger partial charge on any atom is -0.342 e. The molecule has 2 amide bonds. The number of aryl methyl sites for hydroxylation is 1. The van der Waals surface area contributed by atoms with E-state index in [0.29, 0.717) is 6.42 Å². The third-order valence-corrected chi connectivity index (χ3v) is 4.99. The van der Waals surface area contributed by atoms with Gasteiger partial charge < -0.3 is 10.2 Å². The van der Waals surface area contributed by atoms with Gasteiger partial charge in [-0.25, -0.2) is 0 Å². The number of hydrogen-bond acceptors (Lipinski definition) is 2. The fraction of sp³-hybridized carbons (Fsp3) is 0.579. The second kappa shape index (κ2) is 7.16. The van der Waals surface area contributed by atoms with E-state index in [2.05, 4.69) is 12.2 Å². The van der Waals surface area contributed by atoms with E-state index in [1.807, 2.05) is 29.2 Å². The Labute approximate surface area is 138 Å². The van der Waals surface area contributed by atoms with E-state index in [4.69, 9.17) is 0 Å². The molecule has 0 bridgehead atoms. The number of carbonyl (C=O) groups is 2. The molecule has 0 spiro atoms. The van der Waals surface area contributed by atoms with Crippen LogP contribution in [0, 0.1) is 11.8 Å². The Morgan fingerprint density at radius 1 is 1.04 bits per heavy atom. The van der Waals surface area contributed by atoms with Crippen molar-refractivity contribution in [2.24, 2.45) is 11.8 Å². The Hall–Kier alpha value is -1.84. The number of nitrogens with one attached hydrogen (secondary N) is 1. The Morgan fingerprint density at radius 3 is 2.30 bits per heavy atom. The fourth-order valence-electron chi connectivity index (χ4n) is 3.34. The van der Waals surface area contributed by atoms with Gasteiger partial charge in [-0.2, -0.15) is 0 Å². The Bertz CT molecular complexity index is 559. The van der Waals surface area contributed by atoms with Crippen LogP contribution in [0.1, 0.15) is 44.6 Å². The van der Waals surface area contributed by atoms with Crippen molar-refractivity contribution in [3.05, 3.63) is 29.8 Å². The highest BCUT2D eigenvalue weighted by molar-refractivity contribution is 5.99. The molecule has 1 aromatic carbocycles. The summed E-state index contributed by atoms with van der Waals surface area (Å²) in [6, 6.07) is 7.93. The monoisotopic (exact) mass is 314 g/mol. The molecule has 1 heterocycles. The van der Waals surface area contributed by atoms with Crippen LogP contribution in [0.5, 0.6) is 0 Å². The molecule has 2 atom stereocenters. The Morgan fingerprint density at radius 2 is 1.70 bits per heavy atom. The first kappa shape index (κ1) is 16.0. The molecule has 1 aliphatic carbocycles. The fourth-order valence-corrected chi connectivity index (χ4v) is 3.34. The lowest BCUT2D eigenvalue weighted by Gasteiger charge is -2.20. The lowest BCUT2D eigenvalue weighted by atomic mass is 10.1. The largest absolute Gasteiger partial charge is 0.342 e. The van der Waals surface area contributed by atoms with Gasteiger partial charge in [-0.15, -0.1) is 0 Å². The average Bonchev–Trinajstić information content (AvgIpc) is 3.39. The molecule has 4 heteroatoms. The van der Waals surface area contributed by atoms with Crippen molar-refractivity contribution < 1.29 is 9.59 Å². The molecule has 1 aliphatic heterocycles. The van der Waals surface area contributed by atoms with Gasteiger partial charge in [0.05, 0.1) is 11.8 Å². The van der Waals surface area contributed by atoms with Gasteiger partial charge >= 0.3 is 0 Å². The normalized spacial score (nSPS) is 24.0. The van der Waals surface area contributed by atoms with Gasteiger partial charge in [0.25, 0.3) is 0 Å². The van der Waals surface area contributed by atoms with Crippen LogP contribution < -0.4 is 5.32 Å². The molecule has 3 rings (SSSR count). The maximum absolute atomic E-state index is 12.5. The molecule has 23 heavy (non-hydrogen) atoms. The van der Waals surface area contributed by atoms with Crippen LogP contribution in [-0.4, -0.2) is 29.8 Å². The predicted molar refractivity (Wildman–Crippen MR) is 91.1 cm³/mol. The van der Waals surface area contributed by atoms with E-state index in [1.54, 1.807) is 0 Å². The molecule has 4 nitrogen and oxygen atoms in total. The van der Waals surface area contributed by atoms with E-state index in [-0.39, 0.29) is 23.7 Å². The number of rotatable bonds is 4. The van der Waals surface area contributed by atoms with Gasteiger partial charge in [0.15, 0.2) is 0 Å². The Balaban J connectivity index is 1.52. The molecule has 1 N–H and O–H groups in total. The van der Waals surface area contributed by atoms with E-state index in [9.17, 15) is 9.59 Å². The zero-order valence-electron chi connectivity index (χ0n) is 13.9. The molecule has 1 saturated heterocycles. The zero-order chi connectivity index (χ0) is 16.2. The van der Waals surface area contributed by atoms with Gasteiger partial charge in [0.2, 0.25) is 11.8 Å². The van der Waals surface area contributed by atoms with Crippen LogP contribution in [0.3, 0.4) is 0 Å². The third-order valence-electron chi connectivity index (χ3n) is 4.99. The second-order valence-corrected chi connectivity index (χ2v) is 6.73. The van der Waals surface area contributed by atoms with Gasteiger partial charge in [-0.05, 0) is 43.4 Å². The van der Waals surface area contributed by atoms with E-state index in [1.165, 1.54) is 18.4 Å². The molecular formula is C19H26N2O2. The maximum atomic E-state index is 12.5. The van der Waals surface area contributed by atoms with Crippen molar-refractivity contribution in [1.29, 1.82) is 0 Å². The number of likely N-dealkylation sites (tertiary alicyclic amines) is 1. The molecular weight excluding hydrogens is 288 g/mol. The SMILES string of the molecule is CCc1ccc(NC(=O)C2CC2C(=O)N2CCCCCC2)cc1. The number of benzene rings is 1. The number of hydrogen-bond donors (Lipinski definition) is 1. The van der Waals surface area contributed by atoms with Crippen LogP contribution >= 0.6 is 0 Å². The average molecular weight is 314 g/mol. The third kappa shape index (κ3) is 3.92. The summed E-state index contributed by atoms with van der Waals surface area (Å²) in [6.45, 7) is 3.83. The summed E-state index contributed by atoms with van der Waals surface area (Å²) < 4.78 is 0. The molecule has 2 unspecified atom stereocenters. The quantitative estimate of drug-likeness (QED) is 0.927. The Kier molecular flexibility index (Phi) is 4.99. The summed E-state index contributed by atoms with van der Waals surface area (Å²) in [5.41, 5.74) is 2.07. The molecule has 2 aliphatic rings. The highest BCUT2D eigenvalue weighted by atomic mass is 16.2. The van der Waals surface area contributed by atoms with E-state index in [0.717, 1.165) is 38.0 Å². The summed E-state index contributed by atoms with van der Waals surface area (Å²) >= 11 is 0. The lowest BCUT2D eigenvalue weighted by Crippen LogP contribution is -2.34. The minimum atomic E-state index is -0.142. The number of carbonyl (C=O) groups excluding carboxylic acids is 2. The van der Waals surface area contributed by atoms with Crippen LogP contribution in [0.2, 0.25) is 0 Å². The molecule has 2 fully saturated rings. The molecule has 1 aromatic rings. The molecule has 0 radical (unpaired) electrons. The summed E-state index contributed by atoms with van der Waals surface area (Å²) in [5, 5.41) is 2.95. The topological polar surface area (TPSA) is 49.4 Å². The van der Waals surface area contributed by atoms with Crippen molar-refractivity contribution in [3.63, 3.8) is 0 Å². The number of anilines is 1. The summed E-state index contributed by atoms with van der Waals surface area (Å²) in [6.07, 6.45) is 6.31. The van der Waals surface area contributed by atoms with Crippen molar-refractivity contribution in [3.8, 4) is 0 Å². The molecule has 124 valence electrons. The standard InChI is InChI=1S/C19H26N2O2/c1-2-14-7-9-15(10-8-14)20-18(22)16-13-17(16)19(23)21-11-5-3-4-6-12-21/h7-10,16-17H,2-6,11-13H2,1H3,(H,20,22).